The van der Waals surface area contributed by atoms with Gasteiger partial charge in [0.15, 0.2) is 11.6 Å². The summed E-state index contributed by atoms with van der Waals surface area (Å²) < 4.78 is 11.3. The van der Waals surface area contributed by atoms with Crippen molar-refractivity contribution in [2.24, 2.45) is 0 Å². The van der Waals surface area contributed by atoms with Crippen molar-refractivity contribution in [3.8, 4) is 11.4 Å². The fourth-order valence-corrected chi connectivity index (χ4v) is 4.33. The number of hydrogen-bond donors (Lipinski definition) is 1. The van der Waals surface area contributed by atoms with E-state index in [4.69, 9.17) is 14.5 Å². The van der Waals surface area contributed by atoms with Crippen molar-refractivity contribution < 1.29 is 14.3 Å². The summed E-state index contributed by atoms with van der Waals surface area (Å²) in [6.07, 6.45) is 3.76. The lowest BCUT2D eigenvalue weighted by molar-refractivity contribution is -0.153. The molecule has 0 aliphatic carbocycles. The molecule has 1 atom stereocenters. The molecule has 3 aromatic rings. The number of carbonyl (C=O) groups is 1. The molecule has 1 unspecified atom stereocenters. The molecule has 8 heteroatoms. The summed E-state index contributed by atoms with van der Waals surface area (Å²) in [5.74, 6) is 1.26. The highest BCUT2D eigenvalue weighted by molar-refractivity contribution is 5.94. The Morgan fingerprint density at radius 3 is 3.03 bits per heavy atom. The molecule has 1 N–H and O–H groups in total. The molecule has 1 fully saturated rings. The molecule has 0 bridgehead atoms. The Balaban J connectivity index is 1.53. The molecule has 2 aliphatic heterocycles. The zero-order valence-corrected chi connectivity index (χ0v) is 18.1. The van der Waals surface area contributed by atoms with E-state index in [1.807, 2.05) is 62.3 Å². The quantitative estimate of drug-likeness (QED) is 0.651. The number of nitrogens with one attached hydrogen (secondary N) is 1. The topological polar surface area (TPSA) is 83.6 Å². The van der Waals surface area contributed by atoms with E-state index in [0.717, 1.165) is 34.5 Å². The van der Waals surface area contributed by atoms with Crippen molar-refractivity contribution >= 4 is 28.4 Å². The van der Waals surface area contributed by atoms with Crippen LogP contribution in [-0.4, -0.2) is 65.4 Å². The third kappa shape index (κ3) is 3.83. The lowest BCUT2D eigenvalue weighted by atomic mass is 10.1. The Morgan fingerprint density at radius 2 is 2.19 bits per heavy atom. The third-order valence-electron chi connectivity index (χ3n) is 5.60. The highest BCUT2D eigenvalue weighted by Crippen LogP contribution is 2.37. The number of esters is 1. The molecule has 31 heavy (non-hydrogen) atoms. The largest absolute Gasteiger partial charge is 0.459 e. The van der Waals surface area contributed by atoms with Gasteiger partial charge in [-0.05, 0) is 32.9 Å². The second-order valence-corrected chi connectivity index (χ2v) is 9.04. The van der Waals surface area contributed by atoms with Gasteiger partial charge in [0, 0.05) is 35.8 Å². The molecule has 0 spiro atoms. The highest BCUT2D eigenvalue weighted by atomic mass is 16.6. The van der Waals surface area contributed by atoms with Gasteiger partial charge >= 0.3 is 5.97 Å². The minimum Gasteiger partial charge on any atom is -0.459 e. The van der Waals surface area contributed by atoms with Crippen LogP contribution in [0.15, 0.2) is 36.7 Å². The van der Waals surface area contributed by atoms with Gasteiger partial charge in [-0.3, -0.25) is 4.79 Å². The predicted molar refractivity (Wildman–Crippen MR) is 119 cm³/mol. The SMILES string of the molecule is CC(C)(C)OC(=O)CN1CC2COCCN2c2nc(-c3cccc4[nH]ccc34)ncc21. The van der Waals surface area contributed by atoms with Crippen LogP contribution in [0.2, 0.25) is 0 Å². The van der Waals surface area contributed by atoms with Gasteiger partial charge in [0.1, 0.15) is 12.1 Å². The number of H-pyrrole nitrogens is 1. The molecular formula is C23H27N5O3. The molecule has 0 amide bonds. The summed E-state index contributed by atoms with van der Waals surface area (Å²) >= 11 is 0. The lowest BCUT2D eigenvalue weighted by Crippen LogP contribution is -2.56. The fraction of sp³-hybridized carbons (Fsp3) is 0.435. The van der Waals surface area contributed by atoms with E-state index in [1.54, 1.807) is 0 Å². The van der Waals surface area contributed by atoms with Crippen LogP contribution in [0.25, 0.3) is 22.3 Å². The zero-order chi connectivity index (χ0) is 21.6. The number of morpholine rings is 1. The number of anilines is 2. The second kappa shape index (κ2) is 7.53. The summed E-state index contributed by atoms with van der Waals surface area (Å²) in [5.41, 5.74) is 2.37. The van der Waals surface area contributed by atoms with E-state index in [0.29, 0.717) is 25.6 Å². The first-order valence-corrected chi connectivity index (χ1v) is 10.6. The van der Waals surface area contributed by atoms with Crippen molar-refractivity contribution in [2.45, 2.75) is 32.4 Å². The zero-order valence-electron chi connectivity index (χ0n) is 18.1. The van der Waals surface area contributed by atoms with Crippen LogP contribution >= 0.6 is 0 Å². The smallest absolute Gasteiger partial charge is 0.326 e. The van der Waals surface area contributed by atoms with Gasteiger partial charge in [0.2, 0.25) is 0 Å². The van der Waals surface area contributed by atoms with Crippen molar-refractivity contribution in [3.63, 3.8) is 0 Å². The number of aromatic nitrogens is 3. The first-order valence-electron chi connectivity index (χ1n) is 10.6. The van der Waals surface area contributed by atoms with Crippen molar-refractivity contribution in [3.05, 3.63) is 36.7 Å². The number of carbonyl (C=O) groups excluding carboxylic acids is 1. The van der Waals surface area contributed by atoms with Crippen LogP contribution in [0.4, 0.5) is 11.5 Å². The molecule has 1 aromatic carbocycles. The summed E-state index contributed by atoms with van der Waals surface area (Å²) in [5, 5.41) is 1.09. The minimum atomic E-state index is -0.523. The minimum absolute atomic E-state index is 0.134. The molecule has 1 saturated heterocycles. The summed E-state index contributed by atoms with van der Waals surface area (Å²) in [4.78, 5) is 29.8. The molecule has 2 aliphatic rings. The lowest BCUT2D eigenvalue weighted by Gasteiger charge is -2.45. The van der Waals surface area contributed by atoms with Crippen molar-refractivity contribution in [1.29, 1.82) is 0 Å². The maximum atomic E-state index is 12.5. The predicted octanol–water partition coefficient (Wildman–Crippen LogP) is 2.99. The average Bonchev–Trinajstić information content (AvgIpc) is 3.21. The number of benzene rings is 1. The van der Waals surface area contributed by atoms with Crippen LogP contribution in [0.1, 0.15) is 20.8 Å². The number of nitrogens with zero attached hydrogens (tertiary/aromatic N) is 4. The van der Waals surface area contributed by atoms with Crippen LogP contribution in [0, 0.1) is 0 Å². The monoisotopic (exact) mass is 421 g/mol. The molecule has 4 heterocycles. The molecule has 0 radical (unpaired) electrons. The number of hydrogen-bond acceptors (Lipinski definition) is 7. The maximum absolute atomic E-state index is 12.5. The average molecular weight is 422 g/mol. The number of rotatable bonds is 3. The third-order valence-corrected chi connectivity index (χ3v) is 5.60. The fourth-order valence-electron chi connectivity index (χ4n) is 4.33. The van der Waals surface area contributed by atoms with Crippen molar-refractivity contribution in [1.82, 2.24) is 15.0 Å². The van der Waals surface area contributed by atoms with Gasteiger partial charge in [-0.2, -0.15) is 0 Å². The van der Waals surface area contributed by atoms with E-state index in [9.17, 15) is 4.79 Å². The van der Waals surface area contributed by atoms with Crippen LogP contribution in [0.5, 0.6) is 0 Å². The molecule has 162 valence electrons. The van der Waals surface area contributed by atoms with Gasteiger partial charge in [-0.15, -0.1) is 0 Å². The van der Waals surface area contributed by atoms with E-state index in [-0.39, 0.29) is 18.6 Å². The van der Waals surface area contributed by atoms with Crippen LogP contribution in [0.3, 0.4) is 0 Å². The van der Waals surface area contributed by atoms with Gasteiger partial charge < -0.3 is 24.3 Å². The molecular weight excluding hydrogens is 394 g/mol. The van der Waals surface area contributed by atoms with Gasteiger partial charge in [0.05, 0.1) is 31.1 Å². The Morgan fingerprint density at radius 1 is 1.32 bits per heavy atom. The van der Waals surface area contributed by atoms with Gasteiger partial charge in [-0.25, -0.2) is 9.97 Å². The Bertz CT molecular complexity index is 1120. The molecule has 5 rings (SSSR count). The van der Waals surface area contributed by atoms with E-state index < -0.39 is 5.60 Å². The standard InChI is InChI=1S/C23H27N5O3/c1-23(2,3)31-20(29)13-27-12-15-14-30-10-9-28(15)22-19(27)11-25-21(26-22)17-5-4-6-18-16(17)7-8-24-18/h4-8,11,15,24H,9-10,12-14H2,1-3H3. The maximum Gasteiger partial charge on any atom is 0.326 e. The Hall–Kier alpha value is -3.13. The number of aromatic amines is 1. The molecule has 8 nitrogen and oxygen atoms in total. The number of ether oxygens (including phenoxy) is 2. The van der Waals surface area contributed by atoms with Crippen LogP contribution in [-0.2, 0) is 14.3 Å². The van der Waals surface area contributed by atoms with Crippen LogP contribution < -0.4 is 9.80 Å². The Kier molecular flexibility index (Phi) is 4.81. The van der Waals surface area contributed by atoms with Gasteiger partial charge in [0.25, 0.3) is 0 Å². The normalized spacial score (nSPS) is 18.6. The highest BCUT2D eigenvalue weighted by Gasteiger charge is 2.36. The first kappa shape index (κ1) is 19.8. The summed E-state index contributed by atoms with van der Waals surface area (Å²) in [6, 6.07) is 8.26. The van der Waals surface area contributed by atoms with E-state index >= 15 is 0 Å². The first-order chi connectivity index (χ1) is 14.9. The molecule has 0 saturated carbocycles. The summed E-state index contributed by atoms with van der Waals surface area (Å²) in [7, 11) is 0. The summed E-state index contributed by atoms with van der Waals surface area (Å²) in [6.45, 7) is 8.50. The van der Waals surface area contributed by atoms with Gasteiger partial charge in [-0.1, -0.05) is 12.1 Å². The second-order valence-electron chi connectivity index (χ2n) is 9.04. The molecule has 2 aromatic heterocycles. The Labute approximate surface area is 181 Å². The van der Waals surface area contributed by atoms with E-state index in [1.165, 1.54) is 0 Å². The van der Waals surface area contributed by atoms with Crippen molar-refractivity contribution in [2.75, 3.05) is 42.6 Å². The number of fused-ring (bicyclic) bond motifs is 4. The van der Waals surface area contributed by atoms with E-state index in [2.05, 4.69) is 14.9 Å².